The van der Waals surface area contributed by atoms with Gasteiger partial charge >= 0.3 is 0 Å². The van der Waals surface area contributed by atoms with Crippen LogP contribution < -0.4 is 10.2 Å². The maximum absolute atomic E-state index is 12.7. The van der Waals surface area contributed by atoms with Gasteiger partial charge in [-0.25, -0.2) is 9.97 Å². The normalized spacial score (nSPS) is 19.4. The van der Waals surface area contributed by atoms with Gasteiger partial charge in [-0.05, 0) is 33.6 Å². The van der Waals surface area contributed by atoms with Crippen molar-refractivity contribution >= 4 is 33.7 Å². The topological polar surface area (TPSA) is 58.1 Å². The summed E-state index contributed by atoms with van der Waals surface area (Å²) in [6.45, 7) is 6.93. The number of anilines is 1. The number of hydrogen-bond donors (Lipinski definition) is 1. The van der Waals surface area contributed by atoms with Crippen LogP contribution in [0.4, 0.5) is 5.13 Å². The van der Waals surface area contributed by atoms with E-state index in [4.69, 9.17) is 0 Å². The Balaban J connectivity index is 1.70. The fourth-order valence-electron chi connectivity index (χ4n) is 2.95. The third kappa shape index (κ3) is 3.01. The van der Waals surface area contributed by atoms with Gasteiger partial charge in [0.25, 0.3) is 0 Å². The minimum Gasteiger partial charge on any atom is -0.347 e. The van der Waals surface area contributed by atoms with Crippen LogP contribution in [0.5, 0.6) is 0 Å². The molecule has 2 aromatic rings. The first-order chi connectivity index (χ1) is 10.6. The lowest BCUT2D eigenvalue weighted by Crippen LogP contribution is -2.44. The molecule has 2 atom stereocenters. The lowest BCUT2D eigenvalue weighted by Gasteiger charge is -2.24. The second kappa shape index (κ2) is 6.34. The first kappa shape index (κ1) is 15.4. The van der Waals surface area contributed by atoms with Crippen molar-refractivity contribution in [3.63, 3.8) is 0 Å². The number of rotatable bonds is 4. The summed E-state index contributed by atoms with van der Waals surface area (Å²) in [6, 6.07) is -0.111. The number of nitrogens with one attached hydrogen (secondary N) is 1. The zero-order chi connectivity index (χ0) is 15.7. The van der Waals surface area contributed by atoms with E-state index < -0.39 is 0 Å². The van der Waals surface area contributed by atoms with Gasteiger partial charge in [-0.15, -0.1) is 22.7 Å². The highest BCUT2D eigenvalue weighted by Gasteiger charge is 2.33. The number of aryl methyl sites for hydroxylation is 2. The Bertz CT molecular complexity index is 653. The average Bonchev–Trinajstić information content (AvgIpc) is 3.17. The number of nitrogens with zero attached hydrogens (tertiary/aromatic N) is 3. The molecule has 1 aliphatic rings. The smallest absolute Gasteiger partial charge is 0.243 e. The highest BCUT2D eigenvalue weighted by atomic mass is 32.1. The molecule has 0 aromatic carbocycles. The van der Waals surface area contributed by atoms with Crippen molar-refractivity contribution in [3.05, 3.63) is 27.2 Å². The van der Waals surface area contributed by atoms with E-state index in [1.807, 2.05) is 26.2 Å². The molecule has 0 radical (unpaired) electrons. The molecule has 7 heteroatoms. The van der Waals surface area contributed by atoms with E-state index in [-0.39, 0.29) is 18.0 Å². The second-order valence-corrected chi connectivity index (χ2v) is 7.69. The van der Waals surface area contributed by atoms with Crippen LogP contribution in [0.15, 0.2) is 11.6 Å². The molecule has 0 unspecified atom stereocenters. The molecule has 0 saturated carbocycles. The first-order valence-electron chi connectivity index (χ1n) is 7.46. The van der Waals surface area contributed by atoms with Gasteiger partial charge < -0.3 is 10.2 Å². The molecule has 3 rings (SSSR count). The summed E-state index contributed by atoms with van der Waals surface area (Å²) in [5.41, 5.74) is 1.01. The van der Waals surface area contributed by atoms with Gasteiger partial charge in [-0.3, -0.25) is 4.79 Å². The molecule has 0 bridgehead atoms. The van der Waals surface area contributed by atoms with Crippen molar-refractivity contribution in [1.29, 1.82) is 0 Å². The van der Waals surface area contributed by atoms with Gasteiger partial charge in [0.2, 0.25) is 5.91 Å². The van der Waals surface area contributed by atoms with Gasteiger partial charge in [-0.2, -0.15) is 0 Å². The van der Waals surface area contributed by atoms with E-state index >= 15 is 0 Å². The highest BCUT2D eigenvalue weighted by molar-refractivity contribution is 7.13. The molecule has 1 N–H and O–H groups in total. The molecule has 0 aliphatic carbocycles. The van der Waals surface area contributed by atoms with Crippen LogP contribution in [-0.2, 0) is 4.79 Å². The Kier molecular flexibility index (Phi) is 4.44. The summed E-state index contributed by atoms with van der Waals surface area (Å²) < 4.78 is 0. The summed E-state index contributed by atoms with van der Waals surface area (Å²) >= 11 is 3.25. The molecular formula is C15H20N4OS2. The molecule has 3 heterocycles. The largest absolute Gasteiger partial charge is 0.347 e. The molecule has 1 aliphatic heterocycles. The van der Waals surface area contributed by atoms with E-state index in [0.717, 1.165) is 40.1 Å². The summed E-state index contributed by atoms with van der Waals surface area (Å²) in [6.07, 6.45) is 3.71. The number of carbonyl (C=O) groups excluding carboxylic acids is 1. The Morgan fingerprint density at radius 3 is 2.95 bits per heavy atom. The maximum atomic E-state index is 12.7. The Morgan fingerprint density at radius 1 is 1.50 bits per heavy atom. The van der Waals surface area contributed by atoms with E-state index in [9.17, 15) is 4.79 Å². The lowest BCUT2D eigenvalue weighted by atomic mass is 10.1. The van der Waals surface area contributed by atoms with Gasteiger partial charge in [0, 0.05) is 23.0 Å². The molecule has 22 heavy (non-hydrogen) atoms. The standard InChI is InChI=1S/C15H20N4OS2/c1-9-13(22-11(3)17-9)10(2)18-14(20)12-5-4-7-19(12)15-16-6-8-21-15/h6,8,10,12H,4-5,7H2,1-3H3,(H,18,20)/t10-,12-/m1/s1. The zero-order valence-electron chi connectivity index (χ0n) is 13.0. The van der Waals surface area contributed by atoms with E-state index in [1.54, 1.807) is 28.9 Å². The van der Waals surface area contributed by atoms with Crippen LogP contribution in [0.2, 0.25) is 0 Å². The molecule has 2 aromatic heterocycles. The number of carbonyl (C=O) groups is 1. The SMILES string of the molecule is Cc1nc(C)c([C@@H](C)NC(=O)[C@H]2CCCN2c2nccs2)s1. The highest BCUT2D eigenvalue weighted by Crippen LogP contribution is 2.29. The summed E-state index contributed by atoms with van der Waals surface area (Å²) in [4.78, 5) is 24.7. The van der Waals surface area contributed by atoms with Gasteiger partial charge in [-0.1, -0.05) is 0 Å². The third-order valence-electron chi connectivity index (χ3n) is 3.91. The predicted octanol–water partition coefficient (Wildman–Crippen LogP) is 3.06. The molecule has 1 fully saturated rings. The quantitative estimate of drug-likeness (QED) is 0.932. The second-order valence-electron chi connectivity index (χ2n) is 5.58. The van der Waals surface area contributed by atoms with Gasteiger partial charge in [0.05, 0.1) is 16.7 Å². The fourth-order valence-corrected chi connectivity index (χ4v) is 4.60. The molecule has 118 valence electrons. The monoisotopic (exact) mass is 336 g/mol. The van der Waals surface area contributed by atoms with Crippen molar-refractivity contribution in [1.82, 2.24) is 15.3 Å². The van der Waals surface area contributed by atoms with Crippen LogP contribution in [-0.4, -0.2) is 28.5 Å². The maximum Gasteiger partial charge on any atom is 0.243 e. The Morgan fingerprint density at radius 2 is 2.32 bits per heavy atom. The molecule has 1 saturated heterocycles. The minimum atomic E-state index is -0.108. The van der Waals surface area contributed by atoms with Crippen LogP contribution in [0.3, 0.4) is 0 Å². The Hall–Kier alpha value is -1.47. The van der Waals surface area contributed by atoms with Gasteiger partial charge in [0.1, 0.15) is 6.04 Å². The van der Waals surface area contributed by atoms with Crippen LogP contribution in [0, 0.1) is 13.8 Å². The molecule has 5 nitrogen and oxygen atoms in total. The number of thiazole rings is 2. The van der Waals surface area contributed by atoms with Crippen molar-refractivity contribution in [2.24, 2.45) is 0 Å². The van der Waals surface area contributed by atoms with Gasteiger partial charge in [0.15, 0.2) is 5.13 Å². The van der Waals surface area contributed by atoms with Crippen LogP contribution >= 0.6 is 22.7 Å². The zero-order valence-corrected chi connectivity index (χ0v) is 14.6. The predicted molar refractivity (Wildman–Crippen MR) is 90.6 cm³/mol. The number of aromatic nitrogens is 2. The summed E-state index contributed by atoms with van der Waals surface area (Å²) in [5.74, 6) is 0.0886. The lowest BCUT2D eigenvalue weighted by molar-refractivity contribution is -0.122. The van der Waals surface area contributed by atoms with Crippen molar-refractivity contribution in [2.45, 2.75) is 45.7 Å². The van der Waals surface area contributed by atoms with Crippen molar-refractivity contribution in [3.8, 4) is 0 Å². The summed E-state index contributed by atoms with van der Waals surface area (Å²) in [7, 11) is 0. The van der Waals surface area contributed by atoms with Crippen LogP contribution in [0.25, 0.3) is 0 Å². The van der Waals surface area contributed by atoms with Crippen molar-refractivity contribution < 1.29 is 4.79 Å². The average molecular weight is 336 g/mol. The molecule has 0 spiro atoms. The fraction of sp³-hybridized carbons (Fsp3) is 0.533. The van der Waals surface area contributed by atoms with E-state index in [0.29, 0.717) is 0 Å². The van der Waals surface area contributed by atoms with Crippen molar-refractivity contribution in [2.75, 3.05) is 11.4 Å². The number of hydrogen-bond acceptors (Lipinski definition) is 6. The van der Waals surface area contributed by atoms with E-state index in [1.165, 1.54) is 0 Å². The summed E-state index contributed by atoms with van der Waals surface area (Å²) in [5, 5.41) is 7.08. The number of amides is 1. The molecule has 1 amide bonds. The van der Waals surface area contributed by atoms with E-state index in [2.05, 4.69) is 20.2 Å². The minimum absolute atomic E-state index is 0.00237. The van der Waals surface area contributed by atoms with Crippen LogP contribution in [0.1, 0.15) is 41.4 Å². The third-order valence-corrected chi connectivity index (χ3v) is 5.98. The first-order valence-corrected chi connectivity index (χ1v) is 9.16. The molecular weight excluding hydrogens is 316 g/mol. The Labute approximate surface area is 138 Å².